The third kappa shape index (κ3) is 5.48. The monoisotopic (exact) mass is 245 g/mol. The number of carbonyl (C=O) groups excluding carboxylic acids is 1. The summed E-state index contributed by atoms with van der Waals surface area (Å²) >= 11 is 0. The van der Waals surface area contributed by atoms with E-state index in [2.05, 4.69) is 0 Å². The van der Waals surface area contributed by atoms with Crippen molar-refractivity contribution in [1.29, 1.82) is 0 Å². The molecule has 0 bridgehead atoms. The Morgan fingerprint density at radius 2 is 2.24 bits per heavy atom. The van der Waals surface area contributed by atoms with Crippen LogP contribution in [0.2, 0.25) is 0 Å². The lowest BCUT2D eigenvalue weighted by Gasteiger charge is -2.32. The van der Waals surface area contributed by atoms with Gasteiger partial charge in [0.2, 0.25) is 5.91 Å². The topological polar surface area (TPSA) is 48.0 Å². The van der Waals surface area contributed by atoms with Gasteiger partial charge in [-0.25, -0.2) is 0 Å². The molecule has 1 aliphatic heterocycles. The second-order valence-electron chi connectivity index (χ2n) is 4.10. The van der Waals surface area contributed by atoms with Gasteiger partial charge in [0.25, 0.3) is 0 Å². The summed E-state index contributed by atoms with van der Waals surface area (Å²) in [5.41, 5.74) is 0. The highest BCUT2D eigenvalue weighted by molar-refractivity contribution is 5.77. The summed E-state index contributed by atoms with van der Waals surface area (Å²) in [5.74, 6) is 0.0468. The lowest BCUT2D eigenvalue weighted by Crippen LogP contribution is -2.44. The van der Waals surface area contributed by atoms with Gasteiger partial charge in [-0.1, -0.05) is 0 Å². The SMILES string of the molecule is CCOC1CCCN(C(=O)COCCOC)C1. The van der Waals surface area contributed by atoms with Crippen molar-refractivity contribution in [2.75, 3.05) is 46.6 Å². The van der Waals surface area contributed by atoms with E-state index in [0.29, 0.717) is 26.4 Å². The molecule has 17 heavy (non-hydrogen) atoms. The highest BCUT2D eigenvalue weighted by atomic mass is 16.5. The number of likely N-dealkylation sites (tertiary alicyclic amines) is 1. The van der Waals surface area contributed by atoms with Crippen LogP contribution in [0.4, 0.5) is 0 Å². The van der Waals surface area contributed by atoms with Gasteiger partial charge in [-0.3, -0.25) is 4.79 Å². The molecule has 5 heteroatoms. The molecule has 0 aliphatic carbocycles. The average molecular weight is 245 g/mol. The van der Waals surface area contributed by atoms with Crippen molar-refractivity contribution >= 4 is 5.91 Å². The van der Waals surface area contributed by atoms with Crippen molar-refractivity contribution in [1.82, 2.24) is 4.90 Å². The Bertz CT molecular complexity index is 221. The molecular formula is C12H23NO4. The summed E-state index contributed by atoms with van der Waals surface area (Å²) < 4.78 is 15.6. The molecule has 0 spiro atoms. The third-order valence-electron chi connectivity index (χ3n) is 2.79. The van der Waals surface area contributed by atoms with Crippen LogP contribution in [-0.2, 0) is 19.0 Å². The number of rotatable bonds is 7. The first-order valence-electron chi connectivity index (χ1n) is 6.24. The van der Waals surface area contributed by atoms with Crippen molar-refractivity contribution < 1.29 is 19.0 Å². The molecule has 1 saturated heterocycles. The predicted molar refractivity (Wildman–Crippen MR) is 63.9 cm³/mol. The zero-order chi connectivity index (χ0) is 12.5. The number of hydrogen-bond acceptors (Lipinski definition) is 4. The number of ether oxygens (including phenoxy) is 3. The summed E-state index contributed by atoms with van der Waals surface area (Å²) in [5, 5.41) is 0. The van der Waals surface area contributed by atoms with E-state index in [1.54, 1.807) is 7.11 Å². The van der Waals surface area contributed by atoms with Crippen LogP contribution in [0.15, 0.2) is 0 Å². The number of hydrogen-bond donors (Lipinski definition) is 0. The second-order valence-corrected chi connectivity index (χ2v) is 4.10. The Morgan fingerprint density at radius 3 is 2.94 bits per heavy atom. The van der Waals surface area contributed by atoms with Gasteiger partial charge in [-0.05, 0) is 19.8 Å². The molecular weight excluding hydrogens is 222 g/mol. The molecule has 0 aromatic heterocycles. The van der Waals surface area contributed by atoms with E-state index < -0.39 is 0 Å². The van der Waals surface area contributed by atoms with Crippen LogP contribution >= 0.6 is 0 Å². The quantitative estimate of drug-likeness (QED) is 0.619. The number of carbonyl (C=O) groups is 1. The molecule has 0 aromatic rings. The fraction of sp³-hybridized carbons (Fsp3) is 0.917. The second kappa shape index (κ2) is 8.44. The maximum Gasteiger partial charge on any atom is 0.248 e. The van der Waals surface area contributed by atoms with Crippen molar-refractivity contribution in [2.45, 2.75) is 25.9 Å². The smallest absolute Gasteiger partial charge is 0.248 e. The maximum atomic E-state index is 11.8. The number of amides is 1. The molecule has 1 heterocycles. The van der Waals surface area contributed by atoms with E-state index in [-0.39, 0.29) is 18.6 Å². The Hall–Kier alpha value is -0.650. The fourth-order valence-corrected chi connectivity index (χ4v) is 1.93. The normalized spacial score (nSPS) is 20.6. The van der Waals surface area contributed by atoms with E-state index in [1.165, 1.54) is 0 Å². The van der Waals surface area contributed by atoms with Gasteiger partial charge in [-0.2, -0.15) is 0 Å². The molecule has 1 rings (SSSR count). The first-order valence-corrected chi connectivity index (χ1v) is 6.24. The largest absolute Gasteiger partial charge is 0.382 e. The van der Waals surface area contributed by atoms with Crippen LogP contribution in [0.1, 0.15) is 19.8 Å². The van der Waals surface area contributed by atoms with Gasteiger partial charge in [-0.15, -0.1) is 0 Å². The minimum atomic E-state index is 0.0468. The van der Waals surface area contributed by atoms with Gasteiger partial charge in [0.1, 0.15) is 6.61 Å². The summed E-state index contributed by atoms with van der Waals surface area (Å²) in [6.07, 6.45) is 2.24. The zero-order valence-corrected chi connectivity index (χ0v) is 10.8. The lowest BCUT2D eigenvalue weighted by molar-refractivity contribution is -0.140. The van der Waals surface area contributed by atoms with E-state index in [1.807, 2.05) is 11.8 Å². The number of piperidine rings is 1. The first-order chi connectivity index (χ1) is 8.27. The van der Waals surface area contributed by atoms with E-state index >= 15 is 0 Å². The van der Waals surface area contributed by atoms with Gasteiger partial charge in [0.05, 0.1) is 19.3 Å². The molecule has 0 aromatic carbocycles. The van der Waals surface area contributed by atoms with Crippen molar-refractivity contribution in [3.63, 3.8) is 0 Å². The van der Waals surface area contributed by atoms with Crippen LogP contribution in [0.5, 0.6) is 0 Å². The summed E-state index contributed by atoms with van der Waals surface area (Å²) in [4.78, 5) is 13.6. The maximum absolute atomic E-state index is 11.8. The number of nitrogens with zero attached hydrogens (tertiary/aromatic N) is 1. The van der Waals surface area contributed by atoms with Gasteiger partial charge in [0.15, 0.2) is 0 Å². The third-order valence-corrected chi connectivity index (χ3v) is 2.79. The summed E-state index contributed by atoms with van der Waals surface area (Å²) in [6.45, 7) is 5.32. The van der Waals surface area contributed by atoms with Gasteiger partial charge in [0, 0.05) is 26.8 Å². The molecule has 1 fully saturated rings. The fourth-order valence-electron chi connectivity index (χ4n) is 1.93. The Kier molecular flexibility index (Phi) is 7.16. The van der Waals surface area contributed by atoms with Gasteiger partial charge < -0.3 is 19.1 Å². The predicted octanol–water partition coefficient (Wildman–Crippen LogP) is 0.677. The van der Waals surface area contributed by atoms with Crippen molar-refractivity contribution in [3.8, 4) is 0 Å². The highest BCUT2D eigenvalue weighted by Crippen LogP contribution is 2.13. The minimum absolute atomic E-state index is 0.0468. The van der Waals surface area contributed by atoms with Crippen molar-refractivity contribution in [2.24, 2.45) is 0 Å². The first kappa shape index (κ1) is 14.4. The van der Waals surface area contributed by atoms with E-state index in [0.717, 1.165) is 19.4 Å². The Morgan fingerprint density at radius 1 is 1.41 bits per heavy atom. The standard InChI is InChI=1S/C12H23NO4/c1-3-17-11-5-4-6-13(9-11)12(14)10-16-8-7-15-2/h11H,3-10H2,1-2H3. The summed E-state index contributed by atoms with van der Waals surface area (Å²) in [6, 6.07) is 0. The highest BCUT2D eigenvalue weighted by Gasteiger charge is 2.23. The molecule has 0 radical (unpaired) electrons. The van der Waals surface area contributed by atoms with Crippen LogP contribution < -0.4 is 0 Å². The minimum Gasteiger partial charge on any atom is -0.382 e. The molecule has 100 valence electrons. The number of methoxy groups -OCH3 is 1. The van der Waals surface area contributed by atoms with Crippen LogP contribution in [0, 0.1) is 0 Å². The van der Waals surface area contributed by atoms with Crippen LogP contribution in [-0.4, -0.2) is 63.5 Å². The molecule has 1 amide bonds. The molecule has 0 N–H and O–H groups in total. The van der Waals surface area contributed by atoms with Crippen LogP contribution in [0.25, 0.3) is 0 Å². The Labute approximate surface area is 103 Å². The molecule has 1 atom stereocenters. The zero-order valence-electron chi connectivity index (χ0n) is 10.8. The molecule has 5 nitrogen and oxygen atoms in total. The van der Waals surface area contributed by atoms with Crippen molar-refractivity contribution in [3.05, 3.63) is 0 Å². The molecule has 1 aliphatic rings. The lowest BCUT2D eigenvalue weighted by atomic mass is 10.1. The summed E-state index contributed by atoms with van der Waals surface area (Å²) in [7, 11) is 1.61. The van der Waals surface area contributed by atoms with E-state index in [9.17, 15) is 4.79 Å². The molecule has 1 unspecified atom stereocenters. The van der Waals surface area contributed by atoms with Crippen LogP contribution in [0.3, 0.4) is 0 Å². The van der Waals surface area contributed by atoms with Gasteiger partial charge >= 0.3 is 0 Å². The average Bonchev–Trinajstić information content (AvgIpc) is 2.35. The van der Waals surface area contributed by atoms with E-state index in [4.69, 9.17) is 14.2 Å². The molecule has 0 saturated carbocycles. The Balaban J connectivity index is 2.21.